The van der Waals surface area contributed by atoms with Crippen LogP contribution in [0.1, 0.15) is 18.6 Å². The van der Waals surface area contributed by atoms with Crippen molar-refractivity contribution >= 4 is 17.6 Å². The first kappa shape index (κ1) is 20.7. The second-order valence-corrected chi connectivity index (χ2v) is 6.78. The molecule has 9 heteroatoms. The number of carbonyl (C=O) groups excluding carboxylic acids is 1. The van der Waals surface area contributed by atoms with Gasteiger partial charge in [-0.15, -0.1) is 0 Å². The van der Waals surface area contributed by atoms with Gasteiger partial charge in [0.2, 0.25) is 5.91 Å². The SMILES string of the molecule is CN=C(NCCOc1cccc(NC(C)=O)c1)N1CCOC(c2cnn(C)c2)C1. The van der Waals surface area contributed by atoms with E-state index >= 15 is 0 Å². The Morgan fingerprint density at radius 2 is 2.31 bits per heavy atom. The highest BCUT2D eigenvalue weighted by Gasteiger charge is 2.25. The normalized spacial score (nSPS) is 17.1. The molecular formula is C20H28N6O3. The number of aliphatic imine (C=N–C) groups is 1. The number of rotatable bonds is 6. The van der Waals surface area contributed by atoms with Crippen LogP contribution in [0, 0.1) is 0 Å². The number of guanidine groups is 1. The van der Waals surface area contributed by atoms with Gasteiger partial charge in [0, 0.05) is 51.1 Å². The van der Waals surface area contributed by atoms with Crippen LogP contribution in [0.2, 0.25) is 0 Å². The van der Waals surface area contributed by atoms with Gasteiger partial charge in [0.05, 0.1) is 25.9 Å². The van der Waals surface area contributed by atoms with Gasteiger partial charge in [-0.3, -0.25) is 14.5 Å². The molecule has 0 aliphatic carbocycles. The van der Waals surface area contributed by atoms with Gasteiger partial charge in [0.1, 0.15) is 18.5 Å². The lowest BCUT2D eigenvalue weighted by Gasteiger charge is -2.34. The number of ether oxygens (including phenoxy) is 2. The fourth-order valence-electron chi connectivity index (χ4n) is 3.18. The third-order valence-corrected chi connectivity index (χ3v) is 4.48. The number of anilines is 1. The number of nitrogens with one attached hydrogen (secondary N) is 2. The van der Waals surface area contributed by atoms with Crippen LogP contribution in [0.5, 0.6) is 5.75 Å². The van der Waals surface area contributed by atoms with Crippen LogP contribution in [0.15, 0.2) is 41.7 Å². The predicted octanol–water partition coefficient (Wildman–Crippen LogP) is 1.41. The van der Waals surface area contributed by atoms with E-state index in [0.29, 0.717) is 37.7 Å². The Balaban J connectivity index is 1.47. The Morgan fingerprint density at radius 3 is 3.03 bits per heavy atom. The van der Waals surface area contributed by atoms with Gasteiger partial charge >= 0.3 is 0 Å². The number of morpholine rings is 1. The van der Waals surface area contributed by atoms with Gasteiger partial charge in [0.15, 0.2) is 5.96 Å². The summed E-state index contributed by atoms with van der Waals surface area (Å²) in [7, 11) is 3.67. The zero-order valence-corrected chi connectivity index (χ0v) is 17.1. The number of amides is 1. The topological polar surface area (TPSA) is 93.0 Å². The van der Waals surface area contributed by atoms with Crippen molar-refractivity contribution in [2.24, 2.45) is 12.0 Å². The number of nitrogens with zero attached hydrogens (tertiary/aromatic N) is 4. The van der Waals surface area contributed by atoms with Crippen molar-refractivity contribution in [1.82, 2.24) is 20.0 Å². The van der Waals surface area contributed by atoms with Crippen LogP contribution < -0.4 is 15.4 Å². The summed E-state index contributed by atoms with van der Waals surface area (Å²) in [6.07, 6.45) is 3.80. The molecule has 1 aliphatic heterocycles. The number of hydrogen-bond acceptors (Lipinski definition) is 5. The van der Waals surface area contributed by atoms with E-state index in [2.05, 4.69) is 25.6 Å². The first-order valence-electron chi connectivity index (χ1n) is 9.61. The maximum atomic E-state index is 11.2. The highest BCUT2D eigenvalue weighted by atomic mass is 16.5. The molecule has 9 nitrogen and oxygen atoms in total. The van der Waals surface area contributed by atoms with Crippen molar-refractivity contribution in [3.05, 3.63) is 42.2 Å². The molecule has 0 bridgehead atoms. The summed E-state index contributed by atoms with van der Waals surface area (Å²) in [6.45, 7) is 4.67. The number of hydrogen-bond donors (Lipinski definition) is 2. The number of aromatic nitrogens is 2. The number of carbonyl (C=O) groups is 1. The highest BCUT2D eigenvalue weighted by molar-refractivity contribution is 5.88. The summed E-state index contributed by atoms with van der Waals surface area (Å²) in [6, 6.07) is 7.34. The van der Waals surface area contributed by atoms with Crippen molar-refractivity contribution in [3.63, 3.8) is 0 Å². The molecule has 1 fully saturated rings. The summed E-state index contributed by atoms with van der Waals surface area (Å²) in [5.74, 6) is 1.41. The molecule has 3 rings (SSSR count). The second kappa shape index (κ2) is 9.92. The van der Waals surface area contributed by atoms with Gasteiger partial charge < -0.3 is 25.0 Å². The summed E-state index contributed by atoms with van der Waals surface area (Å²) in [5.41, 5.74) is 1.78. The molecule has 0 radical (unpaired) electrons. The van der Waals surface area contributed by atoms with E-state index in [4.69, 9.17) is 9.47 Å². The van der Waals surface area contributed by atoms with Gasteiger partial charge in [-0.1, -0.05) is 6.07 Å². The highest BCUT2D eigenvalue weighted by Crippen LogP contribution is 2.21. The number of aryl methyl sites for hydroxylation is 1. The molecule has 1 atom stereocenters. The van der Waals surface area contributed by atoms with Crippen LogP contribution >= 0.6 is 0 Å². The third kappa shape index (κ3) is 5.95. The minimum atomic E-state index is -0.109. The lowest BCUT2D eigenvalue weighted by Crippen LogP contribution is -2.48. The van der Waals surface area contributed by atoms with Crippen molar-refractivity contribution in [1.29, 1.82) is 0 Å². The first-order chi connectivity index (χ1) is 14.0. The van der Waals surface area contributed by atoms with E-state index < -0.39 is 0 Å². The van der Waals surface area contributed by atoms with Crippen LogP contribution in [-0.4, -0.2) is 66.4 Å². The Bertz CT molecular complexity index is 850. The molecule has 1 saturated heterocycles. The Kier molecular flexibility index (Phi) is 7.07. The summed E-state index contributed by atoms with van der Waals surface area (Å²) in [4.78, 5) is 17.7. The lowest BCUT2D eigenvalue weighted by molar-refractivity contribution is -0.114. The fourth-order valence-corrected chi connectivity index (χ4v) is 3.18. The molecule has 2 aromatic rings. The van der Waals surface area contributed by atoms with Crippen molar-refractivity contribution in [3.8, 4) is 5.75 Å². The van der Waals surface area contributed by atoms with Crippen LogP contribution in [0.4, 0.5) is 5.69 Å². The average molecular weight is 400 g/mol. The first-order valence-corrected chi connectivity index (χ1v) is 9.61. The van der Waals surface area contributed by atoms with E-state index in [1.165, 1.54) is 6.92 Å². The van der Waals surface area contributed by atoms with Crippen LogP contribution in [-0.2, 0) is 16.6 Å². The van der Waals surface area contributed by atoms with Crippen molar-refractivity contribution in [2.45, 2.75) is 13.0 Å². The molecular weight excluding hydrogens is 372 g/mol. The number of benzene rings is 1. The lowest BCUT2D eigenvalue weighted by atomic mass is 10.1. The summed E-state index contributed by atoms with van der Waals surface area (Å²) < 4.78 is 13.5. The predicted molar refractivity (Wildman–Crippen MR) is 111 cm³/mol. The monoisotopic (exact) mass is 400 g/mol. The maximum Gasteiger partial charge on any atom is 0.221 e. The molecule has 0 spiro atoms. The van der Waals surface area contributed by atoms with E-state index in [-0.39, 0.29) is 12.0 Å². The summed E-state index contributed by atoms with van der Waals surface area (Å²) in [5, 5.41) is 10.3. The molecule has 29 heavy (non-hydrogen) atoms. The smallest absolute Gasteiger partial charge is 0.221 e. The largest absolute Gasteiger partial charge is 0.492 e. The fraction of sp³-hybridized carbons (Fsp3) is 0.450. The average Bonchev–Trinajstić information content (AvgIpc) is 3.14. The third-order valence-electron chi connectivity index (χ3n) is 4.48. The molecule has 1 amide bonds. The van der Waals surface area contributed by atoms with E-state index in [9.17, 15) is 4.79 Å². The van der Waals surface area contributed by atoms with Gasteiger partial charge in [-0.25, -0.2) is 0 Å². The van der Waals surface area contributed by atoms with Gasteiger partial charge in [0.25, 0.3) is 0 Å². The minimum Gasteiger partial charge on any atom is -0.492 e. The molecule has 1 aliphatic rings. The zero-order chi connectivity index (χ0) is 20.6. The Morgan fingerprint density at radius 1 is 1.45 bits per heavy atom. The molecule has 2 heterocycles. The van der Waals surface area contributed by atoms with E-state index in [1.54, 1.807) is 17.8 Å². The molecule has 2 N–H and O–H groups in total. The molecule has 1 aromatic carbocycles. The van der Waals surface area contributed by atoms with E-state index in [1.807, 2.05) is 37.6 Å². The van der Waals surface area contributed by atoms with Crippen LogP contribution in [0.3, 0.4) is 0 Å². The van der Waals surface area contributed by atoms with E-state index in [0.717, 1.165) is 18.1 Å². The summed E-state index contributed by atoms with van der Waals surface area (Å²) >= 11 is 0. The maximum absolute atomic E-state index is 11.2. The molecule has 1 aromatic heterocycles. The zero-order valence-electron chi connectivity index (χ0n) is 17.1. The second-order valence-electron chi connectivity index (χ2n) is 6.78. The van der Waals surface area contributed by atoms with Crippen molar-refractivity contribution < 1.29 is 14.3 Å². The molecule has 156 valence electrons. The van der Waals surface area contributed by atoms with Crippen LogP contribution in [0.25, 0.3) is 0 Å². The molecule has 1 unspecified atom stereocenters. The van der Waals surface area contributed by atoms with Crippen molar-refractivity contribution in [2.75, 3.05) is 45.2 Å². The van der Waals surface area contributed by atoms with Gasteiger partial charge in [-0.2, -0.15) is 5.10 Å². The standard InChI is InChI=1S/C20H28N6O3/c1-15(27)24-17-5-4-6-18(11-17)28-9-7-22-20(21-2)26-8-10-29-19(14-26)16-12-23-25(3)13-16/h4-6,11-13,19H,7-10,14H2,1-3H3,(H,21,22)(H,24,27). The molecule has 0 saturated carbocycles. The Hall–Kier alpha value is -3.07. The Labute approximate surface area is 170 Å². The minimum absolute atomic E-state index is 0.0243. The van der Waals surface area contributed by atoms with Gasteiger partial charge in [-0.05, 0) is 12.1 Å². The quantitative estimate of drug-likeness (QED) is 0.433.